The summed E-state index contributed by atoms with van der Waals surface area (Å²) in [5.41, 5.74) is 0.882. The van der Waals surface area contributed by atoms with Crippen LogP contribution in [0.2, 0.25) is 0 Å². The lowest BCUT2D eigenvalue weighted by molar-refractivity contribution is 0.0849. The molecule has 0 unspecified atom stereocenters. The Morgan fingerprint density at radius 1 is 1.04 bits per heavy atom. The average Bonchev–Trinajstić information content (AvgIpc) is 3.09. The summed E-state index contributed by atoms with van der Waals surface area (Å²) in [5, 5.41) is 22.3. The van der Waals surface area contributed by atoms with E-state index in [-0.39, 0.29) is 13.2 Å². The highest BCUT2D eigenvalue weighted by Crippen LogP contribution is 2.17. The molecule has 0 amide bonds. The topological polar surface area (TPSA) is 82.3 Å². The van der Waals surface area contributed by atoms with Crippen molar-refractivity contribution in [2.24, 2.45) is 0 Å². The minimum atomic E-state index is -0.745. The summed E-state index contributed by atoms with van der Waals surface area (Å²) in [6.45, 7) is 0.338. The number of hydrogen-bond donors (Lipinski definition) is 1. The van der Waals surface area contributed by atoms with Gasteiger partial charge < -0.3 is 14.6 Å². The molecule has 2 aromatic carbocycles. The van der Waals surface area contributed by atoms with Crippen LogP contribution in [0.25, 0.3) is 11.4 Å². The van der Waals surface area contributed by atoms with Gasteiger partial charge in [-0.25, -0.2) is 0 Å². The second-order valence-corrected chi connectivity index (χ2v) is 5.17. The molecule has 24 heavy (non-hydrogen) atoms. The van der Waals surface area contributed by atoms with Crippen LogP contribution >= 0.6 is 0 Å². The van der Waals surface area contributed by atoms with Crippen molar-refractivity contribution in [3.8, 4) is 22.9 Å². The van der Waals surface area contributed by atoms with Crippen molar-refractivity contribution in [1.29, 1.82) is 0 Å². The molecule has 0 aliphatic rings. The number of rotatable bonds is 7. The molecule has 7 heteroatoms. The van der Waals surface area contributed by atoms with Crippen molar-refractivity contribution in [2.75, 3.05) is 13.7 Å². The predicted octanol–water partition coefficient (Wildman–Crippen LogP) is 1.79. The van der Waals surface area contributed by atoms with Crippen molar-refractivity contribution in [2.45, 2.75) is 12.6 Å². The van der Waals surface area contributed by atoms with E-state index in [0.717, 1.165) is 11.3 Å². The van der Waals surface area contributed by atoms with E-state index in [1.807, 2.05) is 30.3 Å². The quantitative estimate of drug-likeness (QED) is 0.713. The molecule has 0 saturated carbocycles. The molecule has 3 rings (SSSR count). The number of ether oxygens (including phenoxy) is 2. The fraction of sp³-hybridized carbons (Fsp3) is 0.235. The lowest BCUT2D eigenvalue weighted by Gasteiger charge is -2.11. The lowest BCUT2D eigenvalue weighted by Crippen LogP contribution is -2.24. The van der Waals surface area contributed by atoms with Crippen molar-refractivity contribution >= 4 is 0 Å². The zero-order chi connectivity index (χ0) is 16.8. The van der Waals surface area contributed by atoms with Gasteiger partial charge in [0.1, 0.15) is 24.2 Å². The van der Waals surface area contributed by atoms with Gasteiger partial charge in [0.2, 0.25) is 5.82 Å². The van der Waals surface area contributed by atoms with Crippen LogP contribution in [0, 0.1) is 0 Å². The normalized spacial score (nSPS) is 11.9. The van der Waals surface area contributed by atoms with E-state index in [4.69, 9.17) is 9.47 Å². The number of hydrogen-bond acceptors (Lipinski definition) is 6. The molecule has 0 aliphatic carbocycles. The molecule has 7 nitrogen and oxygen atoms in total. The summed E-state index contributed by atoms with van der Waals surface area (Å²) in [5.74, 6) is 1.94. The molecular formula is C17H18N4O3. The van der Waals surface area contributed by atoms with E-state index in [1.54, 1.807) is 31.4 Å². The number of nitrogens with zero attached hydrogens (tertiary/aromatic N) is 4. The molecule has 1 heterocycles. The van der Waals surface area contributed by atoms with Gasteiger partial charge in [0.05, 0.1) is 13.7 Å². The van der Waals surface area contributed by atoms with Crippen molar-refractivity contribution in [1.82, 2.24) is 20.2 Å². The molecule has 3 aromatic rings. The maximum absolute atomic E-state index is 10.1. The highest BCUT2D eigenvalue weighted by Gasteiger charge is 2.11. The van der Waals surface area contributed by atoms with E-state index in [0.29, 0.717) is 11.6 Å². The number of aliphatic hydroxyl groups is 1. The maximum Gasteiger partial charge on any atom is 0.204 e. The van der Waals surface area contributed by atoms with Gasteiger partial charge in [0, 0.05) is 5.56 Å². The number of tetrazole rings is 1. The van der Waals surface area contributed by atoms with Gasteiger partial charge in [-0.15, -0.1) is 10.2 Å². The second-order valence-electron chi connectivity index (χ2n) is 5.17. The Morgan fingerprint density at radius 2 is 1.75 bits per heavy atom. The zero-order valence-electron chi connectivity index (χ0n) is 13.2. The number of aromatic nitrogens is 4. The molecule has 0 aliphatic heterocycles. The summed E-state index contributed by atoms with van der Waals surface area (Å²) in [7, 11) is 1.61. The molecule has 0 bridgehead atoms. The van der Waals surface area contributed by atoms with E-state index >= 15 is 0 Å². The van der Waals surface area contributed by atoms with E-state index in [9.17, 15) is 5.11 Å². The van der Waals surface area contributed by atoms with Gasteiger partial charge in [-0.2, -0.15) is 4.80 Å². The molecule has 0 fully saturated rings. The molecule has 0 radical (unpaired) electrons. The molecule has 1 aromatic heterocycles. The smallest absolute Gasteiger partial charge is 0.204 e. The number of aliphatic hydroxyl groups excluding tert-OH is 1. The first-order valence-corrected chi connectivity index (χ1v) is 7.53. The number of methoxy groups -OCH3 is 1. The van der Waals surface area contributed by atoms with Crippen LogP contribution in [0.4, 0.5) is 0 Å². The first-order chi connectivity index (χ1) is 11.7. The van der Waals surface area contributed by atoms with Crippen LogP contribution in [-0.4, -0.2) is 45.1 Å². The maximum atomic E-state index is 10.1. The van der Waals surface area contributed by atoms with Gasteiger partial charge in [-0.3, -0.25) is 0 Å². The average molecular weight is 326 g/mol. The van der Waals surface area contributed by atoms with E-state index < -0.39 is 6.10 Å². The molecule has 1 atom stereocenters. The summed E-state index contributed by atoms with van der Waals surface area (Å²) in [6.07, 6.45) is -0.745. The van der Waals surface area contributed by atoms with Gasteiger partial charge in [-0.1, -0.05) is 30.3 Å². The van der Waals surface area contributed by atoms with Gasteiger partial charge in [-0.05, 0) is 29.5 Å². The third-order valence-electron chi connectivity index (χ3n) is 3.36. The Labute approximate surface area is 139 Å². The van der Waals surface area contributed by atoms with Crippen LogP contribution in [0.3, 0.4) is 0 Å². The second kappa shape index (κ2) is 7.56. The Bertz CT molecular complexity index is 759. The minimum absolute atomic E-state index is 0.133. The van der Waals surface area contributed by atoms with Crippen LogP contribution in [-0.2, 0) is 6.54 Å². The molecule has 124 valence electrons. The van der Waals surface area contributed by atoms with Gasteiger partial charge in [0.15, 0.2) is 0 Å². The Hall–Kier alpha value is -2.93. The molecule has 0 saturated heterocycles. The Balaban J connectivity index is 1.53. The third kappa shape index (κ3) is 4.08. The van der Waals surface area contributed by atoms with Crippen molar-refractivity contribution in [3.63, 3.8) is 0 Å². The summed E-state index contributed by atoms with van der Waals surface area (Å²) < 4.78 is 10.6. The van der Waals surface area contributed by atoms with Crippen molar-refractivity contribution in [3.05, 3.63) is 54.6 Å². The summed E-state index contributed by atoms with van der Waals surface area (Å²) >= 11 is 0. The van der Waals surface area contributed by atoms with Crippen LogP contribution in [0.15, 0.2) is 54.6 Å². The minimum Gasteiger partial charge on any atom is -0.497 e. The monoisotopic (exact) mass is 326 g/mol. The SMILES string of the molecule is COc1ccc(OC[C@@H](O)Cn2nnc(-c3ccccc3)n2)cc1. The van der Waals surface area contributed by atoms with Gasteiger partial charge >= 0.3 is 0 Å². The first-order valence-electron chi connectivity index (χ1n) is 7.53. The highest BCUT2D eigenvalue weighted by molar-refractivity contribution is 5.52. The largest absolute Gasteiger partial charge is 0.497 e. The van der Waals surface area contributed by atoms with Crippen LogP contribution < -0.4 is 9.47 Å². The summed E-state index contributed by atoms with van der Waals surface area (Å²) in [6, 6.07) is 16.7. The van der Waals surface area contributed by atoms with Gasteiger partial charge in [0.25, 0.3) is 0 Å². The zero-order valence-corrected chi connectivity index (χ0v) is 13.2. The summed E-state index contributed by atoms with van der Waals surface area (Å²) in [4.78, 5) is 1.37. The first kappa shape index (κ1) is 15.9. The highest BCUT2D eigenvalue weighted by atomic mass is 16.5. The van der Waals surface area contributed by atoms with Crippen LogP contribution in [0.5, 0.6) is 11.5 Å². The fourth-order valence-corrected chi connectivity index (χ4v) is 2.13. The van der Waals surface area contributed by atoms with E-state index in [2.05, 4.69) is 15.4 Å². The lowest BCUT2D eigenvalue weighted by atomic mass is 10.2. The predicted molar refractivity (Wildman–Crippen MR) is 87.7 cm³/mol. The third-order valence-corrected chi connectivity index (χ3v) is 3.36. The number of benzene rings is 2. The van der Waals surface area contributed by atoms with E-state index in [1.165, 1.54) is 4.80 Å². The molecular weight excluding hydrogens is 308 g/mol. The van der Waals surface area contributed by atoms with Crippen LogP contribution in [0.1, 0.15) is 0 Å². The fourth-order valence-electron chi connectivity index (χ4n) is 2.13. The Kier molecular flexibility index (Phi) is 5.02. The standard InChI is InChI=1S/C17H18N4O3/c1-23-15-7-9-16(10-8-15)24-12-14(22)11-21-19-17(18-20-21)13-5-3-2-4-6-13/h2-10,14,22H,11-12H2,1H3/t14-/m0/s1. The Morgan fingerprint density at radius 3 is 2.46 bits per heavy atom. The van der Waals surface area contributed by atoms with Crippen molar-refractivity contribution < 1.29 is 14.6 Å². The molecule has 0 spiro atoms. The molecule has 1 N–H and O–H groups in total.